The fourth-order valence-electron chi connectivity index (χ4n) is 2.66. The molecule has 0 unspecified atom stereocenters. The van der Waals surface area contributed by atoms with Crippen molar-refractivity contribution in [2.75, 3.05) is 11.1 Å². The van der Waals surface area contributed by atoms with Gasteiger partial charge in [0.2, 0.25) is 0 Å². The second kappa shape index (κ2) is 7.15. The van der Waals surface area contributed by atoms with Crippen LogP contribution in [-0.4, -0.2) is 15.9 Å². The molecule has 8 heteroatoms. The van der Waals surface area contributed by atoms with Crippen LogP contribution in [-0.2, 0) is 0 Å². The lowest BCUT2D eigenvalue weighted by molar-refractivity contribution is 0.103. The largest absolute Gasteiger partial charge is 0.397 e. The standard InChI is InChI=1S/C19H12Cl2N4OS/c20-11-7-12(21)9-13(8-11)24-18(26)17-16(22)14-1-2-15(25-19(14)27-17)10-3-5-23-6-4-10/h1-9H,22H2,(H,24,26). The number of nitrogen functional groups attached to an aromatic ring is 1. The zero-order chi connectivity index (χ0) is 19.0. The molecule has 5 nitrogen and oxygen atoms in total. The lowest BCUT2D eigenvalue weighted by Gasteiger charge is -2.05. The van der Waals surface area contributed by atoms with E-state index in [9.17, 15) is 4.79 Å². The summed E-state index contributed by atoms with van der Waals surface area (Å²) in [5.74, 6) is -0.334. The highest BCUT2D eigenvalue weighted by Gasteiger charge is 2.18. The highest BCUT2D eigenvalue weighted by atomic mass is 35.5. The first-order valence-corrected chi connectivity index (χ1v) is 9.45. The quantitative estimate of drug-likeness (QED) is 0.463. The number of halogens is 2. The number of aromatic nitrogens is 2. The highest BCUT2D eigenvalue weighted by Crippen LogP contribution is 2.35. The molecule has 4 rings (SSSR count). The Labute approximate surface area is 168 Å². The molecule has 1 amide bonds. The predicted octanol–water partition coefficient (Wildman–Crippen LogP) is 5.50. The third kappa shape index (κ3) is 3.60. The molecule has 0 fully saturated rings. The number of thiophene rings is 1. The normalized spacial score (nSPS) is 10.9. The van der Waals surface area contributed by atoms with E-state index >= 15 is 0 Å². The van der Waals surface area contributed by atoms with Crippen LogP contribution < -0.4 is 11.1 Å². The van der Waals surface area contributed by atoms with E-state index in [2.05, 4.69) is 15.3 Å². The molecule has 0 saturated carbocycles. The molecule has 0 bridgehead atoms. The van der Waals surface area contributed by atoms with Crippen LogP contribution in [0, 0.1) is 0 Å². The SMILES string of the molecule is Nc1c(C(=O)Nc2cc(Cl)cc(Cl)c2)sc2nc(-c3ccncc3)ccc12. The molecule has 4 aromatic rings. The van der Waals surface area contributed by atoms with Crippen molar-refractivity contribution in [3.63, 3.8) is 0 Å². The monoisotopic (exact) mass is 414 g/mol. The van der Waals surface area contributed by atoms with E-state index in [0.29, 0.717) is 31.1 Å². The molecule has 0 aliphatic heterocycles. The van der Waals surface area contributed by atoms with Crippen molar-refractivity contribution in [2.45, 2.75) is 0 Å². The number of pyridine rings is 2. The Bertz CT molecular complexity index is 1140. The molecule has 0 atom stereocenters. The summed E-state index contributed by atoms with van der Waals surface area (Å²) in [4.78, 5) is 22.4. The van der Waals surface area contributed by atoms with Gasteiger partial charge in [0.1, 0.15) is 9.71 Å². The van der Waals surface area contributed by atoms with E-state index in [4.69, 9.17) is 28.9 Å². The number of hydrogen-bond donors (Lipinski definition) is 2. The summed E-state index contributed by atoms with van der Waals surface area (Å²) in [6, 6.07) is 12.3. The van der Waals surface area contributed by atoms with Crippen molar-refractivity contribution in [2.24, 2.45) is 0 Å². The summed E-state index contributed by atoms with van der Waals surface area (Å²) in [5, 5.41) is 4.39. The first-order chi connectivity index (χ1) is 13.0. The van der Waals surface area contributed by atoms with Crippen LogP contribution in [0.1, 0.15) is 9.67 Å². The zero-order valence-electron chi connectivity index (χ0n) is 13.7. The summed E-state index contributed by atoms with van der Waals surface area (Å²) in [7, 11) is 0. The van der Waals surface area contributed by atoms with Crippen molar-refractivity contribution < 1.29 is 4.79 Å². The van der Waals surface area contributed by atoms with Gasteiger partial charge in [0.15, 0.2) is 0 Å². The number of nitrogens with one attached hydrogen (secondary N) is 1. The maximum absolute atomic E-state index is 12.7. The van der Waals surface area contributed by atoms with Crippen LogP contribution in [0.15, 0.2) is 54.9 Å². The molecule has 0 aliphatic carbocycles. The minimum atomic E-state index is -0.334. The van der Waals surface area contributed by atoms with Crippen molar-refractivity contribution in [1.29, 1.82) is 0 Å². The van der Waals surface area contributed by atoms with Crippen molar-refractivity contribution >= 4 is 62.0 Å². The molecule has 3 N–H and O–H groups in total. The van der Waals surface area contributed by atoms with Crippen LogP contribution in [0.25, 0.3) is 21.5 Å². The van der Waals surface area contributed by atoms with E-state index in [0.717, 1.165) is 16.6 Å². The second-order valence-corrected chi connectivity index (χ2v) is 7.61. The van der Waals surface area contributed by atoms with E-state index < -0.39 is 0 Å². The van der Waals surface area contributed by atoms with Gasteiger partial charge in [-0.1, -0.05) is 23.2 Å². The van der Waals surface area contributed by atoms with Crippen LogP contribution in [0.2, 0.25) is 10.0 Å². The Hall–Kier alpha value is -2.67. The van der Waals surface area contributed by atoms with Gasteiger partial charge in [-0.2, -0.15) is 0 Å². The maximum atomic E-state index is 12.7. The van der Waals surface area contributed by atoms with Gasteiger partial charge in [0.25, 0.3) is 5.91 Å². The Morgan fingerprint density at radius 1 is 1.04 bits per heavy atom. The summed E-state index contributed by atoms with van der Waals surface area (Å²) in [6.45, 7) is 0. The van der Waals surface area contributed by atoms with Gasteiger partial charge in [-0.15, -0.1) is 11.3 Å². The van der Waals surface area contributed by atoms with Crippen LogP contribution in [0.3, 0.4) is 0 Å². The topological polar surface area (TPSA) is 80.9 Å². The molecule has 0 aliphatic rings. The molecule has 1 aromatic carbocycles. The average Bonchev–Trinajstić information content (AvgIpc) is 2.98. The number of carbonyl (C=O) groups is 1. The first-order valence-electron chi connectivity index (χ1n) is 7.88. The number of benzene rings is 1. The Balaban J connectivity index is 1.69. The van der Waals surface area contributed by atoms with Gasteiger partial charge >= 0.3 is 0 Å². The highest BCUT2D eigenvalue weighted by molar-refractivity contribution is 7.21. The Morgan fingerprint density at radius 3 is 2.44 bits per heavy atom. The van der Waals surface area contributed by atoms with E-state index in [1.54, 1.807) is 30.6 Å². The summed E-state index contributed by atoms with van der Waals surface area (Å²) < 4.78 is 0. The summed E-state index contributed by atoms with van der Waals surface area (Å²) in [6.07, 6.45) is 3.41. The van der Waals surface area contributed by atoms with Crippen LogP contribution >= 0.6 is 34.5 Å². The number of rotatable bonds is 3. The molecular formula is C19H12Cl2N4OS. The Morgan fingerprint density at radius 2 is 1.74 bits per heavy atom. The molecule has 0 spiro atoms. The van der Waals surface area contributed by atoms with Gasteiger partial charge in [-0.3, -0.25) is 9.78 Å². The second-order valence-electron chi connectivity index (χ2n) is 5.74. The zero-order valence-corrected chi connectivity index (χ0v) is 16.1. The van der Waals surface area contributed by atoms with Gasteiger partial charge < -0.3 is 11.1 Å². The van der Waals surface area contributed by atoms with Crippen molar-refractivity contribution in [3.05, 3.63) is 69.8 Å². The van der Waals surface area contributed by atoms with Crippen LogP contribution in [0.5, 0.6) is 0 Å². The van der Waals surface area contributed by atoms with E-state index in [-0.39, 0.29) is 5.91 Å². The number of fused-ring (bicyclic) bond motifs is 1. The molecule has 3 aromatic heterocycles. The lowest BCUT2D eigenvalue weighted by Crippen LogP contribution is -2.11. The molecular weight excluding hydrogens is 403 g/mol. The average molecular weight is 415 g/mol. The van der Waals surface area contributed by atoms with Gasteiger partial charge in [-0.05, 0) is 42.5 Å². The number of anilines is 2. The maximum Gasteiger partial charge on any atom is 0.267 e. The van der Waals surface area contributed by atoms with Crippen molar-refractivity contribution in [1.82, 2.24) is 9.97 Å². The fraction of sp³-hybridized carbons (Fsp3) is 0. The number of nitrogens with two attached hydrogens (primary N) is 1. The minimum absolute atomic E-state index is 0.334. The van der Waals surface area contributed by atoms with Crippen molar-refractivity contribution in [3.8, 4) is 11.3 Å². The minimum Gasteiger partial charge on any atom is -0.397 e. The lowest BCUT2D eigenvalue weighted by atomic mass is 10.1. The fourth-order valence-corrected chi connectivity index (χ4v) is 4.18. The molecule has 3 heterocycles. The van der Waals surface area contributed by atoms with Crippen LogP contribution in [0.4, 0.5) is 11.4 Å². The number of nitrogens with zero attached hydrogens (tertiary/aromatic N) is 2. The Kier molecular flexibility index (Phi) is 4.70. The number of carbonyl (C=O) groups excluding carboxylic acids is 1. The molecule has 0 radical (unpaired) electrons. The molecule has 0 saturated heterocycles. The number of amides is 1. The van der Waals surface area contributed by atoms with E-state index in [1.807, 2.05) is 24.3 Å². The molecule has 27 heavy (non-hydrogen) atoms. The third-order valence-electron chi connectivity index (χ3n) is 3.90. The molecule has 134 valence electrons. The van der Waals surface area contributed by atoms with Gasteiger partial charge in [-0.25, -0.2) is 4.98 Å². The van der Waals surface area contributed by atoms with Gasteiger partial charge in [0, 0.05) is 39.1 Å². The first kappa shape index (κ1) is 17.7. The third-order valence-corrected chi connectivity index (χ3v) is 5.45. The number of hydrogen-bond acceptors (Lipinski definition) is 5. The summed E-state index contributed by atoms with van der Waals surface area (Å²) >= 11 is 13.2. The van der Waals surface area contributed by atoms with Gasteiger partial charge in [0.05, 0.1) is 11.4 Å². The predicted molar refractivity (Wildman–Crippen MR) is 112 cm³/mol. The van der Waals surface area contributed by atoms with E-state index in [1.165, 1.54) is 11.3 Å². The smallest absolute Gasteiger partial charge is 0.267 e. The summed E-state index contributed by atoms with van der Waals surface area (Å²) in [5.41, 5.74) is 8.82.